The smallest absolute Gasteiger partial charge is 0.407 e. The standard InChI is InChI=1S/C37H35N3O7/c41-33(38-21-9-18-34(42)40-35-27-14-5-7-16-31(27)47-32-17-8-6-15-28(32)35)20-19-30(36(43)44)39-37(45)46-22-29-25-12-3-1-10-23(25)24-11-2-4-13-26(24)29/h1-8,10-17,29-30,35H,9,18-22H2,(H,38,41)(H,39,45)(H,40,42)(H,43,44)/t30-/m0/s1. The predicted octanol–water partition coefficient (Wildman–Crippen LogP) is 5.67. The highest BCUT2D eigenvalue weighted by atomic mass is 16.5. The Balaban J connectivity index is 0.927. The van der Waals surface area contributed by atoms with E-state index in [0.717, 1.165) is 33.4 Å². The van der Waals surface area contributed by atoms with Gasteiger partial charge in [0.2, 0.25) is 11.8 Å². The molecule has 1 aliphatic heterocycles. The first-order valence-corrected chi connectivity index (χ1v) is 15.6. The topological polar surface area (TPSA) is 143 Å². The van der Waals surface area contributed by atoms with E-state index in [4.69, 9.17) is 9.47 Å². The largest absolute Gasteiger partial charge is 0.480 e. The molecule has 240 valence electrons. The monoisotopic (exact) mass is 633 g/mol. The Morgan fingerprint density at radius 3 is 1.87 bits per heavy atom. The number of fused-ring (bicyclic) bond motifs is 5. The van der Waals surface area contributed by atoms with E-state index in [2.05, 4.69) is 16.0 Å². The second kappa shape index (κ2) is 14.2. The fraction of sp³-hybridized carbons (Fsp3) is 0.243. The molecule has 3 amide bonds. The van der Waals surface area contributed by atoms with Crippen LogP contribution in [0.4, 0.5) is 4.79 Å². The number of carbonyl (C=O) groups is 4. The molecule has 0 unspecified atom stereocenters. The molecule has 1 atom stereocenters. The molecule has 0 aromatic heterocycles. The number of para-hydroxylation sites is 2. The maximum Gasteiger partial charge on any atom is 0.407 e. The minimum absolute atomic E-state index is 0.0494. The molecular weight excluding hydrogens is 598 g/mol. The molecule has 4 N–H and O–H groups in total. The average molecular weight is 634 g/mol. The molecule has 0 fully saturated rings. The summed E-state index contributed by atoms with van der Waals surface area (Å²) < 4.78 is 11.4. The quantitative estimate of drug-likeness (QED) is 0.147. The van der Waals surface area contributed by atoms with Crippen molar-refractivity contribution < 1.29 is 33.8 Å². The van der Waals surface area contributed by atoms with E-state index in [9.17, 15) is 24.3 Å². The van der Waals surface area contributed by atoms with Crippen LogP contribution in [-0.4, -0.2) is 48.2 Å². The number of rotatable bonds is 12. The van der Waals surface area contributed by atoms with Crippen molar-refractivity contribution in [3.8, 4) is 22.6 Å². The number of hydrogen-bond acceptors (Lipinski definition) is 6. The lowest BCUT2D eigenvalue weighted by Crippen LogP contribution is -2.42. The van der Waals surface area contributed by atoms with E-state index >= 15 is 0 Å². The minimum atomic E-state index is -1.30. The second-order valence-corrected chi connectivity index (χ2v) is 11.5. The van der Waals surface area contributed by atoms with Crippen molar-refractivity contribution in [3.05, 3.63) is 119 Å². The summed E-state index contributed by atoms with van der Waals surface area (Å²) in [5.41, 5.74) is 6.00. The van der Waals surface area contributed by atoms with Crippen LogP contribution in [-0.2, 0) is 19.1 Å². The lowest BCUT2D eigenvalue weighted by atomic mass is 9.94. The van der Waals surface area contributed by atoms with Crippen molar-refractivity contribution in [2.75, 3.05) is 13.2 Å². The van der Waals surface area contributed by atoms with Crippen LogP contribution >= 0.6 is 0 Å². The van der Waals surface area contributed by atoms with Crippen molar-refractivity contribution in [3.63, 3.8) is 0 Å². The van der Waals surface area contributed by atoms with Crippen LogP contribution in [0, 0.1) is 0 Å². The highest BCUT2D eigenvalue weighted by Gasteiger charge is 2.30. The van der Waals surface area contributed by atoms with E-state index in [1.165, 1.54) is 0 Å². The molecule has 4 aromatic rings. The molecular formula is C37H35N3O7. The Morgan fingerprint density at radius 2 is 1.28 bits per heavy atom. The van der Waals surface area contributed by atoms with Gasteiger partial charge in [-0.25, -0.2) is 9.59 Å². The number of carboxylic acids is 1. The molecule has 10 nitrogen and oxygen atoms in total. The van der Waals surface area contributed by atoms with Gasteiger partial charge in [0.05, 0.1) is 6.04 Å². The van der Waals surface area contributed by atoms with Crippen LogP contribution in [0.15, 0.2) is 97.1 Å². The molecule has 47 heavy (non-hydrogen) atoms. The van der Waals surface area contributed by atoms with Crippen LogP contribution in [0.3, 0.4) is 0 Å². The summed E-state index contributed by atoms with van der Waals surface area (Å²) >= 11 is 0. The maximum absolute atomic E-state index is 12.8. The highest BCUT2D eigenvalue weighted by Crippen LogP contribution is 2.45. The summed E-state index contributed by atoms with van der Waals surface area (Å²) in [6.45, 7) is 0.290. The number of carbonyl (C=O) groups excluding carboxylic acids is 3. The highest BCUT2D eigenvalue weighted by molar-refractivity contribution is 5.82. The SMILES string of the molecule is O=C(CC[C@H](NC(=O)OCC1c2ccccc2-c2ccccc21)C(=O)O)NCCCC(=O)NC1c2ccccc2Oc2ccccc21. The van der Waals surface area contributed by atoms with Gasteiger partial charge < -0.3 is 30.5 Å². The van der Waals surface area contributed by atoms with E-state index in [1.807, 2.05) is 97.1 Å². The fourth-order valence-corrected chi connectivity index (χ4v) is 6.18. The number of hydrogen-bond donors (Lipinski definition) is 4. The first-order valence-electron chi connectivity index (χ1n) is 15.6. The molecule has 10 heteroatoms. The van der Waals surface area contributed by atoms with Gasteiger partial charge in [0.25, 0.3) is 0 Å². The van der Waals surface area contributed by atoms with Crippen LogP contribution in [0.5, 0.6) is 11.5 Å². The molecule has 1 heterocycles. The summed E-state index contributed by atoms with van der Waals surface area (Å²) in [7, 11) is 0. The van der Waals surface area contributed by atoms with Gasteiger partial charge in [0.1, 0.15) is 24.1 Å². The molecule has 0 saturated carbocycles. The van der Waals surface area contributed by atoms with Crippen molar-refractivity contribution in [1.82, 2.24) is 16.0 Å². The van der Waals surface area contributed by atoms with Crippen molar-refractivity contribution in [1.29, 1.82) is 0 Å². The molecule has 2 aliphatic rings. The number of alkyl carbamates (subject to hydrolysis) is 1. The lowest BCUT2D eigenvalue weighted by molar-refractivity contribution is -0.139. The summed E-state index contributed by atoms with van der Waals surface area (Å²) in [6.07, 6.45) is -0.523. The molecule has 1 aliphatic carbocycles. The van der Waals surface area contributed by atoms with Gasteiger partial charge in [0.15, 0.2) is 0 Å². The minimum Gasteiger partial charge on any atom is -0.480 e. The zero-order valence-electron chi connectivity index (χ0n) is 25.6. The lowest BCUT2D eigenvalue weighted by Gasteiger charge is -2.28. The maximum atomic E-state index is 12.8. The van der Waals surface area contributed by atoms with Crippen LogP contribution in [0.1, 0.15) is 59.9 Å². The van der Waals surface area contributed by atoms with E-state index in [-0.39, 0.29) is 56.2 Å². The first-order chi connectivity index (χ1) is 22.9. The second-order valence-electron chi connectivity index (χ2n) is 11.5. The Bertz CT molecular complexity index is 1720. The Morgan fingerprint density at radius 1 is 0.723 bits per heavy atom. The van der Waals surface area contributed by atoms with Gasteiger partial charge in [-0.15, -0.1) is 0 Å². The summed E-state index contributed by atoms with van der Waals surface area (Å²) in [6, 6.07) is 29.3. The van der Waals surface area contributed by atoms with Gasteiger partial charge in [0, 0.05) is 36.4 Å². The molecule has 0 saturated heterocycles. The summed E-state index contributed by atoms with van der Waals surface area (Å²) in [5.74, 6) is -0.591. The normalized spacial score (nSPS) is 13.5. The van der Waals surface area contributed by atoms with Crippen LogP contribution in [0.25, 0.3) is 11.1 Å². The van der Waals surface area contributed by atoms with Gasteiger partial charge in [-0.2, -0.15) is 0 Å². The van der Waals surface area contributed by atoms with Crippen molar-refractivity contribution >= 4 is 23.9 Å². The van der Waals surface area contributed by atoms with Crippen LogP contribution < -0.4 is 20.7 Å². The first kappa shape index (κ1) is 31.3. The van der Waals surface area contributed by atoms with E-state index < -0.39 is 18.1 Å². The molecule has 6 rings (SSSR count). The molecule has 4 aromatic carbocycles. The number of benzene rings is 4. The number of ether oxygens (including phenoxy) is 2. The van der Waals surface area contributed by atoms with Crippen molar-refractivity contribution in [2.24, 2.45) is 0 Å². The van der Waals surface area contributed by atoms with E-state index in [1.54, 1.807) is 0 Å². The van der Waals surface area contributed by atoms with Gasteiger partial charge in [-0.3, -0.25) is 9.59 Å². The van der Waals surface area contributed by atoms with Crippen LogP contribution in [0.2, 0.25) is 0 Å². The van der Waals surface area contributed by atoms with Gasteiger partial charge >= 0.3 is 12.1 Å². The number of aliphatic carboxylic acids is 1. The third kappa shape index (κ3) is 7.12. The van der Waals surface area contributed by atoms with Gasteiger partial charge in [-0.05, 0) is 47.2 Å². The number of amides is 3. The third-order valence-electron chi connectivity index (χ3n) is 8.48. The predicted molar refractivity (Wildman–Crippen MR) is 174 cm³/mol. The van der Waals surface area contributed by atoms with Crippen molar-refractivity contribution in [2.45, 2.75) is 43.7 Å². The summed E-state index contributed by atoms with van der Waals surface area (Å²) in [4.78, 5) is 49.7. The average Bonchev–Trinajstić information content (AvgIpc) is 3.40. The Labute approximate surface area is 272 Å². The number of carboxylic acid groups (broad SMARTS) is 1. The zero-order valence-corrected chi connectivity index (χ0v) is 25.6. The molecule has 0 spiro atoms. The fourth-order valence-electron chi connectivity index (χ4n) is 6.18. The van der Waals surface area contributed by atoms with E-state index in [0.29, 0.717) is 17.9 Å². The molecule has 0 bridgehead atoms. The molecule has 0 radical (unpaired) electrons. The number of nitrogens with one attached hydrogen (secondary N) is 3. The zero-order chi connectivity index (χ0) is 32.8. The Kier molecular flexibility index (Phi) is 9.47. The Hall–Kier alpha value is -5.64. The third-order valence-corrected chi connectivity index (χ3v) is 8.48. The van der Waals surface area contributed by atoms with Gasteiger partial charge in [-0.1, -0.05) is 84.9 Å². The summed E-state index contributed by atoms with van der Waals surface area (Å²) in [5, 5.41) is 17.8.